The van der Waals surface area contributed by atoms with Crippen LogP contribution >= 0.6 is 23.2 Å². The second kappa shape index (κ2) is 8.90. The highest BCUT2D eigenvalue weighted by Crippen LogP contribution is 2.25. The third-order valence-corrected chi connectivity index (χ3v) is 4.38. The fourth-order valence-electron chi connectivity index (χ4n) is 2.23. The predicted octanol–water partition coefficient (Wildman–Crippen LogP) is 4.51. The largest absolute Gasteiger partial charge is 0.357 e. The molecule has 0 aliphatic heterocycles. The van der Waals surface area contributed by atoms with E-state index >= 15 is 0 Å². The molecule has 4 nitrogen and oxygen atoms in total. The number of rotatable bonds is 5. The summed E-state index contributed by atoms with van der Waals surface area (Å²) >= 11 is 12.1. The van der Waals surface area contributed by atoms with E-state index in [0.29, 0.717) is 16.6 Å². The SMILES string of the molecule is CCNC(=NCc1ncccc1C)NC(C)c1ccc(Cl)c(Cl)c1. The van der Waals surface area contributed by atoms with Crippen molar-refractivity contribution in [3.63, 3.8) is 0 Å². The number of benzene rings is 1. The number of halogens is 2. The Morgan fingerprint density at radius 2 is 2.04 bits per heavy atom. The van der Waals surface area contributed by atoms with E-state index in [9.17, 15) is 0 Å². The molecule has 0 radical (unpaired) electrons. The number of hydrogen-bond donors (Lipinski definition) is 2. The maximum Gasteiger partial charge on any atom is 0.192 e. The van der Waals surface area contributed by atoms with E-state index in [1.807, 2.05) is 38.1 Å². The molecule has 1 aromatic carbocycles. The molecule has 0 aliphatic rings. The fraction of sp³-hybridized carbons (Fsp3) is 0.333. The lowest BCUT2D eigenvalue weighted by molar-refractivity contribution is 0.685. The minimum absolute atomic E-state index is 0.0439. The van der Waals surface area contributed by atoms with Gasteiger partial charge in [0.25, 0.3) is 0 Å². The van der Waals surface area contributed by atoms with Crippen LogP contribution in [0.15, 0.2) is 41.5 Å². The second-order valence-electron chi connectivity index (χ2n) is 5.50. The number of aryl methyl sites for hydroxylation is 1. The van der Waals surface area contributed by atoms with Crippen LogP contribution in [0.4, 0.5) is 0 Å². The zero-order valence-corrected chi connectivity index (χ0v) is 15.6. The van der Waals surface area contributed by atoms with Gasteiger partial charge in [0.05, 0.1) is 28.3 Å². The van der Waals surface area contributed by atoms with Gasteiger partial charge in [0.2, 0.25) is 0 Å². The summed E-state index contributed by atoms with van der Waals surface area (Å²) in [6.07, 6.45) is 1.79. The van der Waals surface area contributed by atoms with Gasteiger partial charge >= 0.3 is 0 Å². The first-order chi connectivity index (χ1) is 11.5. The van der Waals surface area contributed by atoms with Gasteiger partial charge in [-0.1, -0.05) is 35.3 Å². The number of guanidine groups is 1. The van der Waals surface area contributed by atoms with Gasteiger partial charge in [0, 0.05) is 12.7 Å². The molecule has 1 aromatic heterocycles. The molecule has 24 heavy (non-hydrogen) atoms. The van der Waals surface area contributed by atoms with Gasteiger partial charge in [-0.2, -0.15) is 0 Å². The van der Waals surface area contributed by atoms with Gasteiger partial charge in [-0.15, -0.1) is 0 Å². The van der Waals surface area contributed by atoms with Crippen LogP contribution < -0.4 is 10.6 Å². The van der Waals surface area contributed by atoms with Crippen molar-refractivity contribution >= 4 is 29.2 Å². The van der Waals surface area contributed by atoms with Crippen molar-refractivity contribution in [3.8, 4) is 0 Å². The molecule has 128 valence electrons. The summed E-state index contributed by atoms with van der Waals surface area (Å²) in [7, 11) is 0. The van der Waals surface area contributed by atoms with E-state index < -0.39 is 0 Å². The molecule has 1 unspecified atom stereocenters. The molecule has 2 rings (SSSR count). The number of nitrogens with zero attached hydrogens (tertiary/aromatic N) is 2. The van der Waals surface area contributed by atoms with Crippen molar-refractivity contribution in [2.45, 2.75) is 33.4 Å². The number of aromatic nitrogens is 1. The Morgan fingerprint density at radius 1 is 1.25 bits per heavy atom. The zero-order chi connectivity index (χ0) is 17.5. The normalized spacial score (nSPS) is 12.8. The first kappa shape index (κ1) is 18.6. The summed E-state index contributed by atoms with van der Waals surface area (Å²) in [5.41, 5.74) is 3.15. The van der Waals surface area contributed by atoms with Crippen LogP contribution in [-0.2, 0) is 6.54 Å². The molecule has 1 heterocycles. The highest BCUT2D eigenvalue weighted by molar-refractivity contribution is 6.42. The van der Waals surface area contributed by atoms with Crippen LogP contribution in [-0.4, -0.2) is 17.5 Å². The Kier molecular flexibility index (Phi) is 6.88. The van der Waals surface area contributed by atoms with Crippen molar-refractivity contribution in [2.75, 3.05) is 6.54 Å². The van der Waals surface area contributed by atoms with Gasteiger partial charge < -0.3 is 10.6 Å². The molecule has 2 aromatic rings. The first-order valence-electron chi connectivity index (χ1n) is 7.91. The van der Waals surface area contributed by atoms with Crippen molar-refractivity contribution in [3.05, 3.63) is 63.4 Å². The van der Waals surface area contributed by atoms with E-state index in [2.05, 4.69) is 27.5 Å². The minimum atomic E-state index is 0.0439. The lowest BCUT2D eigenvalue weighted by Crippen LogP contribution is -2.38. The summed E-state index contributed by atoms with van der Waals surface area (Å²) in [4.78, 5) is 9.00. The van der Waals surface area contributed by atoms with Crippen molar-refractivity contribution in [1.29, 1.82) is 0 Å². The highest BCUT2D eigenvalue weighted by atomic mass is 35.5. The molecule has 0 fully saturated rings. The molecule has 6 heteroatoms. The second-order valence-corrected chi connectivity index (χ2v) is 6.32. The van der Waals surface area contributed by atoms with Crippen LogP contribution in [0, 0.1) is 6.92 Å². The summed E-state index contributed by atoms with van der Waals surface area (Å²) < 4.78 is 0. The standard InChI is InChI=1S/C18H22Cl2N4/c1-4-21-18(23-11-17-12(2)6-5-9-22-17)24-13(3)14-7-8-15(19)16(20)10-14/h5-10,13H,4,11H2,1-3H3,(H2,21,23,24). The average Bonchev–Trinajstić information content (AvgIpc) is 2.56. The Morgan fingerprint density at radius 3 is 2.71 bits per heavy atom. The van der Waals surface area contributed by atoms with Crippen LogP contribution in [0.1, 0.15) is 36.7 Å². The van der Waals surface area contributed by atoms with Crippen LogP contribution in [0.3, 0.4) is 0 Å². The summed E-state index contributed by atoms with van der Waals surface area (Å²) in [5.74, 6) is 0.737. The summed E-state index contributed by atoms with van der Waals surface area (Å²) in [6, 6.07) is 9.64. The third kappa shape index (κ3) is 5.11. The Bertz CT molecular complexity index is 716. The molecule has 0 spiro atoms. The molecular formula is C18H22Cl2N4. The van der Waals surface area contributed by atoms with Crippen molar-refractivity contribution < 1.29 is 0 Å². The van der Waals surface area contributed by atoms with E-state index in [-0.39, 0.29) is 6.04 Å². The van der Waals surface area contributed by atoms with Crippen LogP contribution in [0.5, 0.6) is 0 Å². The highest BCUT2D eigenvalue weighted by Gasteiger charge is 2.10. The summed E-state index contributed by atoms with van der Waals surface area (Å²) in [6.45, 7) is 7.43. The predicted molar refractivity (Wildman–Crippen MR) is 102 cm³/mol. The number of nitrogens with one attached hydrogen (secondary N) is 2. The topological polar surface area (TPSA) is 49.3 Å². The molecule has 0 saturated carbocycles. The van der Waals surface area contributed by atoms with Crippen LogP contribution in [0.2, 0.25) is 10.0 Å². The fourth-order valence-corrected chi connectivity index (χ4v) is 2.53. The molecular weight excluding hydrogens is 343 g/mol. The smallest absolute Gasteiger partial charge is 0.192 e. The van der Waals surface area contributed by atoms with Gasteiger partial charge in [0.1, 0.15) is 0 Å². The van der Waals surface area contributed by atoms with Crippen LogP contribution in [0.25, 0.3) is 0 Å². The zero-order valence-electron chi connectivity index (χ0n) is 14.1. The number of pyridine rings is 1. The maximum atomic E-state index is 6.10. The lowest BCUT2D eigenvalue weighted by Gasteiger charge is -2.18. The number of hydrogen-bond acceptors (Lipinski definition) is 2. The summed E-state index contributed by atoms with van der Waals surface area (Å²) in [5, 5.41) is 7.74. The van der Waals surface area contributed by atoms with Gasteiger partial charge in [-0.3, -0.25) is 4.98 Å². The van der Waals surface area contributed by atoms with Gasteiger partial charge in [-0.25, -0.2) is 4.99 Å². The maximum absolute atomic E-state index is 6.10. The molecule has 2 N–H and O–H groups in total. The average molecular weight is 365 g/mol. The first-order valence-corrected chi connectivity index (χ1v) is 8.67. The monoisotopic (exact) mass is 364 g/mol. The molecule has 0 amide bonds. The van der Waals surface area contributed by atoms with Gasteiger partial charge in [-0.05, 0) is 50.1 Å². The quantitative estimate of drug-likeness (QED) is 0.605. The van der Waals surface area contributed by atoms with E-state index in [1.54, 1.807) is 12.3 Å². The van der Waals surface area contributed by atoms with Gasteiger partial charge in [0.15, 0.2) is 5.96 Å². The minimum Gasteiger partial charge on any atom is -0.357 e. The van der Waals surface area contributed by atoms with Crippen molar-refractivity contribution in [2.24, 2.45) is 4.99 Å². The Hall–Kier alpha value is -1.78. The Labute approximate surface area is 153 Å². The van der Waals surface area contributed by atoms with E-state index in [0.717, 1.165) is 29.3 Å². The lowest BCUT2D eigenvalue weighted by atomic mass is 10.1. The van der Waals surface area contributed by atoms with Crippen molar-refractivity contribution in [1.82, 2.24) is 15.6 Å². The molecule has 1 atom stereocenters. The molecule has 0 saturated heterocycles. The van der Waals surface area contributed by atoms with E-state index in [1.165, 1.54) is 0 Å². The molecule has 0 aliphatic carbocycles. The molecule has 0 bridgehead atoms. The van der Waals surface area contributed by atoms with E-state index in [4.69, 9.17) is 23.2 Å². The third-order valence-electron chi connectivity index (χ3n) is 3.65. The Balaban J connectivity index is 2.10. The number of aliphatic imine (C=N–C) groups is 1.